The van der Waals surface area contributed by atoms with Crippen molar-refractivity contribution in [2.75, 3.05) is 25.3 Å². The third-order valence-corrected chi connectivity index (χ3v) is 7.74. The summed E-state index contributed by atoms with van der Waals surface area (Å²) in [5.74, 6) is 3.86. The third kappa shape index (κ3) is 7.09. The zero-order chi connectivity index (χ0) is 31.1. The van der Waals surface area contributed by atoms with Crippen molar-refractivity contribution in [3.8, 4) is 23.0 Å². The zero-order valence-electron chi connectivity index (χ0n) is 24.6. The number of halogens is 3. The smallest absolute Gasteiger partial charge is 0.153 e. The Morgan fingerprint density at radius 2 is 1.76 bits per heavy atom. The molecule has 1 atom stereocenters. The van der Waals surface area contributed by atoms with Gasteiger partial charge in [0.15, 0.2) is 9.84 Å². The summed E-state index contributed by atoms with van der Waals surface area (Å²) >= 11 is 6.61. The van der Waals surface area contributed by atoms with Crippen molar-refractivity contribution < 1.29 is 22.3 Å². The molecule has 4 aromatic rings. The molecule has 0 amide bonds. The monoisotopic (exact) mass is 614 g/mol. The Balaban J connectivity index is 2.03. The molecule has 4 rings (SSSR count). The van der Waals surface area contributed by atoms with Gasteiger partial charge in [-0.25, -0.2) is 22.2 Å². The highest BCUT2D eigenvalue weighted by Crippen LogP contribution is 2.40. The highest BCUT2D eigenvalue weighted by Gasteiger charge is 2.25. The molecule has 7 nitrogen and oxygen atoms in total. The van der Waals surface area contributed by atoms with Crippen LogP contribution in [0.2, 0.25) is 5.02 Å². The first-order valence-corrected chi connectivity index (χ1v) is 15.6. The zero-order valence-corrected chi connectivity index (χ0v) is 26.1. The van der Waals surface area contributed by atoms with E-state index in [1.54, 1.807) is 31.6 Å². The lowest BCUT2D eigenvalue weighted by Gasteiger charge is -2.22. The summed E-state index contributed by atoms with van der Waals surface area (Å²) in [6.07, 6.45) is 1.41. The van der Waals surface area contributed by atoms with Crippen molar-refractivity contribution in [1.82, 2.24) is 14.8 Å². The quantitative estimate of drug-likeness (QED) is 0.271. The lowest BCUT2D eigenvalue weighted by Crippen LogP contribution is -2.17. The molecule has 0 aliphatic rings. The summed E-state index contributed by atoms with van der Waals surface area (Å²) in [5.41, 5.74) is 3.25. The van der Waals surface area contributed by atoms with Gasteiger partial charge < -0.3 is 10.0 Å². The van der Waals surface area contributed by atoms with Gasteiger partial charge in [0.2, 0.25) is 0 Å². The maximum atomic E-state index is 14.1. The van der Waals surface area contributed by atoms with Crippen LogP contribution in [0.4, 0.5) is 14.5 Å². The molecule has 2 aromatic heterocycles. The van der Waals surface area contributed by atoms with E-state index in [4.69, 9.17) is 16.6 Å². The Hall–Kier alpha value is -3.52. The predicted molar refractivity (Wildman–Crippen MR) is 163 cm³/mol. The molecule has 0 fully saturated rings. The molecule has 0 unspecified atom stereocenters. The van der Waals surface area contributed by atoms with Crippen LogP contribution in [0.25, 0.3) is 22.0 Å². The largest absolute Gasteiger partial charge is 0.378 e. The minimum atomic E-state index is -3.41. The van der Waals surface area contributed by atoms with Crippen LogP contribution < -0.4 is 4.90 Å². The maximum Gasteiger partial charge on any atom is 0.153 e. The Kier molecular flexibility index (Phi) is 8.70. The molecule has 0 radical (unpaired) electrons. The molecule has 0 bridgehead atoms. The van der Waals surface area contributed by atoms with Crippen LogP contribution in [0.3, 0.4) is 0 Å². The number of aryl methyl sites for hydroxylation is 1. The molecule has 222 valence electrons. The average Bonchev–Trinajstić information content (AvgIpc) is 3.16. The van der Waals surface area contributed by atoms with Crippen LogP contribution in [0.1, 0.15) is 49.3 Å². The summed E-state index contributed by atoms with van der Waals surface area (Å²) in [5, 5.41) is 15.7. The number of aliphatic hydroxyl groups is 1. The standard InChI is InChI=1S/C31H33ClF2N4O3S/c1-18(12-19-13-20(33)15-21(34)14-19)29-23(16-27(37(4)5)25(35-29)10-11-31(2,3)39)22-8-9-24(32)28-26(17-42(7,40)41)36-38(6)30(22)28/h8-9,13-16,18,39H,12,17H2,1-7H3/t18-/m0/s1. The van der Waals surface area contributed by atoms with Crippen molar-refractivity contribution in [3.05, 3.63) is 75.7 Å². The molecule has 0 aliphatic carbocycles. The minimum absolute atomic E-state index is 0.274. The fourth-order valence-electron chi connectivity index (χ4n) is 4.96. The summed E-state index contributed by atoms with van der Waals surface area (Å²) < 4.78 is 54.1. The van der Waals surface area contributed by atoms with Gasteiger partial charge in [0.25, 0.3) is 0 Å². The maximum absolute atomic E-state index is 14.1. The average molecular weight is 615 g/mol. The first-order valence-electron chi connectivity index (χ1n) is 13.2. The number of aromatic nitrogens is 3. The number of rotatable bonds is 7. The van der Waals surface area contributed by atoms with E-state index in [2.05, 4.69) is 16.9 Å². The summed E-state index contributed by atoms with van der Waals surface area (Å²) in [6.45, 7) is 5.06. The van der Waals surface area contributed by atoms with E-state index in [-0.39, 0.29) is 18.1 Å². The Labute approximate surface area is 250 Å². The van der Waals surface area contributed by atoms with Crippen LogP contribution in [-0.4, -0.2) is 54.2 Å². The molecule has 0 saturated heterocycles. The number of sulfone groups is 1. The van der Waals surface area contributed by atoms with Gasteiger partial charge in [0, 0.05) is 55.9 Å². The van der Waals surface area contributed by atoms with Crippen molar-refractivity contribution in [2.24, 2.45) is 7.05 Å². The number of anilines is 1. The highest BCUT2D eigenvalue weighted by molar-refractivity contribution is 7.89. The van der Waals surface area contributed by atoms with Crippen molar-refractivity contribution in [1.29, 1.82) is 0 Å². The van der Waals surface area contributed by atoms with Crippen LogP contribution >= 0.6 is 11.6 Å². The van der Waals surface area contributed by atoms with E-state index in [1.807, 2.05) is 38.1 Å². The first kappa shape index (κ1) is 31.4. The Morgan fingerprint density at radius 3 is 2.33 bits per heavy atom. The molecule has 2 aromatic carbocycles. The summed E-state index contributed by atoms with van der Waals surface area (Å²) in [7, 11) is 2.01. The SMILES string of the molecule is C[C@@H](Cc1cc(F)cc(F)c1)c1nc(C#CC(C)(C)O)c(N(C)C)cc1-c1ccc(Cl)c2c(CS(C)(=O)=O)nn(C)c12. The molecule has 11 heteroatoms. The lowest BCUT2D eigenvalue weighted by molar-refractivity contribution is 0.143. The van der Waals surface area contributed by atoms with Crippen molar-refractivity contribution >= 4 is 38.0 Å². The normalized spacial score (nSPS) is 12.7. The second kappa shape index (κ2) is 11.6. The summed E-state index contributed by atoms with van der Waals surface area (Å²) in [4.78, 5) is 6.82. The fraction of sp³-hybridized carbons (Fsp3) is 0.355. The van der Waals surface area contributed by atoms with Crippen molar-refractivity contribution in [3.63, 3.8) is 0 Å². The van der Waals surface area contributed by atoms with Gasteiger partial charge in [-0.2, -0.15) is 5.10 Å². The molecule has 42 heavy (non-hydrogen) atoms. The molecular weight excluding hydrogens is 582 g/mol. The van der Waals surface area contributed by atoms with E-state index in [1.165, 1.54) is 12.1 Å². The van der Waals surface area contributed by atoms with E-state index in [0.717, 1.165) is 12.3 Å². The molecule has 0 aliphatic heterocycles. The van der Waals surface area contributed by atoms with Gasteiger partial charge in [-0.1, -0.05) is 30.5 Å². The number of fused-ring (bicyclic) bond motifs is 1. The Morgan fingerprint density at radius 1 is 1.12 bits per heavy atom. The number of hydrogen-bond donors (Lipinski definition) is 1. The topological polar surface area (TPSA) is 88.3 Å². The minimum Gasteiger partial charge on any atom is -0.378 e. The summed E-state index contributed by atoms with van der Waals surface area (Å²) in [6, 6.07) is 8.86. The number of pyridine rings is 1. The van der Waals surface area contributed by atoms with Crippen molar-refractivity contribution in [2.45, 2.75) is 44.5 Å². The Bertz CT molecular complexity index is 1830. The molecule has 0 saturated carbocycles. The van der Waals surface area contributed by atoms with Gasteiger partial charge in [-0.05, 0) is 56.0 Å². The molecule has 1 N–H and O–H groups in total. The molecule has 2 heterocycles. The van der Waals surface area contributed by atoms with E-state index in [0.29, 0.717) is 55.4 Å². The number of benzene rings is 2. The first-order chi connectivity index (χ1) is 19.4. The van der Waals surface area contributed by atoms with Gasteiger partial charge in [0.05, 0.1) is 33.4 Å². The second-order valence-corrected chi connectivity index (χ2v) is 13.9. The van der Waals surface area contributed by atoms with E-state index in [9.17, 15) is 22.3 Å². The van der Waals surface area contributed by atoms with Crippen LogP contribution in [0, 0.1) is 23.5 Å². The van der Waals surface area contributed by atoms with E-state index < -0.39 is 27.1 Å². The van der Waals surface area contributed by atoms with Gasteiger partial charge in [0.1, 0.15) is 22.9 Å². The predicted octanol–water partition coefficient (Wildman–Crippen LogP) is 5.65. The van der Waals surface area contributed by atoms with E-state index >= 15 is 0 Å². The van der Waals surface area contributed by atoms with Gasteiger partial charge in [-0.3, -0.25) is 4.68 Å². The number of hydrogen-bond acceptors (Lipinski definition) is 6. The fourth-order valence-corrected chi connectivity index (χ4v) is 5.92. The van der Waals surface area contributed by atoms with Crippen LogP contribution in [0.15, 0.2) is 36.4 Å². The molecular formula is C31H33ClF2N4O3S. The molecule has 0 spiro atoms. The van der Waals surface area contributed by atoms with Crippen LogP contribution in [0.5, 0.6) is 0 Å². The number of nitrogens with zero attached hydrogens (tertiary/aromatic N) is 4. The van der Waals surface area contributed by atoms with Gasteiger partial charge in [-0.15, -0.1) is 0 Å². The lowest BCUT2D eigenvalue weighted by atomic mass is 9.90. The van der Waals surface area contributed by atoms with Gasteiger partial charge >= 0.3 is 0 Å². The second-order valence-electron chi connectivity index (χ2n) is 11.3. The third-order valence-electron chi connectivity index (χ3n) is 6.63. The highest BCUT2D eigenvalue weighted by atomic mass is 35.5. The van der Waals surface area contributed by atoms with Crippen LogP contribution in [-0.2, 0) is 29.1 Å².